The maximum absolute atomic E-state index is 10.5. The van der Waals surface area contributed by atoms with Crippen molar-refractivity contribution < 1.29 is 4.79 Å². The molecule has 5 nitrogen and oxygen atoms in total. The highest BCUT2D eigenvalue weighted by Gasteiger charge is 1.99. The van der Waals surface area contributed by atoms with E-state index in [0.29, 0.717) is 11.5 Å². The lowest BCUT2D eigenvalue weighted by Crippen LogP contribution is -2.12. The molecule has 0 aliphatic heterocycles. The van der Waals surface area contributed by atoms with Crippen molar-refractivity contribution in [2.75, 3.05) is 12.4 Å². The van der Waals surface area contributed by atoms with Crippen LogP contribution in [-0.4, -0.2) is 22.9 Å². The molecule has 0 saturated heterocycles. The lowest BCUT2D eigenvalue weighted by atomic mass is 10.3. The smallest absolute Gasteiger partial charge is 0.251 e. The second-order valence-corrected chi connectivity index (χ2v) is 1.91. The Balaban J connectivity index is 2.91. The predicted molar refractivity (Wildman–Crippen MR) is 40.1 cm³/mol. The van der Waals surface area contributed by atoms with E-state index < -0.39 is 5.91 Å². The fourth-order valence-electron chi connectivity index (χ4n) is 0.584. The number of nitrogens with two attached hydrogens (primary N) is 1. The highest BCUT2D eigenvalue weighted by atomic mass is 16.1. The van der Waals surface area contributed by atoms with E-state index in [-0.39, 0.29) is 0 Å². The van der Waals surface area contributed by atoms with Gasteiger partial charge < -0.3 is 11.1 Å². The molecule has 11 heavy (non-hydrogen) atoms. The molecule has 0 radical (unpaired) electrons. The highest BCUT2D eigenvalue weighted by Crippen LogP contribution is 1.97. The van der Waals surface area contributed by atoms with Crippen molar-refractivity contribution in [1.29, 1.82) is 0 Å². The normalized spacial score (nSPS) is 9.18. The topological polar surface area (TPSA) is 80.9 Å². The third-order valence-electron chi connectivity index (χ3n) is 1.16. The van der Waals surface area contributed by atoms with Crippen LogP contribution in [0, 0.1) is 0 Å². The average Bonchev–Trinajstić information content (AvgIpc) is 2.05. The first-order valence-electron chi connectivity index (χ1n) is 3.03. The fraction of sp³-hybridized carbons (Fsp3) is 0.167. The third kappa shape index (κ3) is 1.64. The van der Waals surface area contributed by atoms with Gasteiger partial charge in [-0.05, 0) is 0 Å². The molecule has 0 spiro atoms. The van der Waals surface area contributed by atoms with Gasteiger partial charge in [0, 0.05) is 19.4 Å². The summed E-state index contributed by atoms with van der Waals surface area (Å²) >= 11 is 0. The maximum Gasteiger partial charge on any atom is 0.251 e. The van der Waals surface area contributed by atoms with Gasteiger partial charge in [-0.1, -0.05) is 0 Å². The van der Waals surface area contributed by atoms with Crippen molar-refractivity contribution in [3.8, 4) is 0 Å². The molecule has 0 saturated carbocycles. The molecule has 5 heteroatoms. The van der Waals surface area contributed by atoms with E-state index in [2.05, 4.69) is 15.3 Å². The zero-order chi connectivity index (χ0) is 8.27. The van der Waals surface area contributed by atoms with Gasteiger partial charge >= 0.3 is 0 Å². The summed E-state index contributed by atoms with van der Waals surface area (Å²) in [6.45, 7) is 0. The predicted octanol–water partition coefficient (Wildman–Crippen LogP) is -0.383. The van der Waals surface area contributed by atoms with Gasteiger partial charge in [0.15, 0.2) is 0 Å². The Morgan fingerprint density at radius 1 is 1.55 bits per heavy atom. The molecule has 0 aliphatic rings. The fourth-order valence-corrected chi connectivity index (χ4v) is 0.584. The summed E-state index contributed by atoms with van der Waals surface area (Å²) in [4.78, 5) is 18.1. The molecule has 0 atom stereocenters. The van der Waals surface area contributed by atoms with Crippen LogP contribution in [0.4, 0.5) is 5.95 Å². The second kappa shape index (κ2) is 2.96. The van der Waals surface area contributed by atoms with Crippen LogP contribution >= 0.6 is 0 Å². The van der Waals surface area contributed by atoms with Crippen LogP contribution in [0.3, 0.4) is 0 Å². The molecule has 1 rings (SSSR count). The summed E-state index contributed by atoms with van der Waals surface area (Å²) < 4.78 is 0. The number of rotatable bonds is 2. The number of anilines is 1. The Bertz CT molecular complexity index is 256. The second-order valence-electron chi connectivity index (χ2n) is 1.91. The van der Waals surface area contributed by atoms with Crippen LogP contribution in [0.2, 0.25) is 0 Å². The van der Waals surface area contributed by atoms with Gasteiger partial charge in [-0.3, -0.25) is 4.79 Å². The van der Waals surface area contributed by atoms with Crippen molar-refractivity contribution in [2.45, 2.75) is 0 Å². The number of amides is 1. The number of nitrogens with zero attached hydrogens (tertiary/aromatic N) is 2. The minimum absolute atomic E-state index is 0.309. The van der Waals surface area contributed by atoms with Gasteiger partial charge in [-0.2, -0.15) is 0 Å². The number of carbonyl (C=O) groups is 1. The van der Waals surface area contributed by atoms with Crippen LogP contribution in [0.1, 0.15) is 10.4 Å². The van der Waals surface area contributed by atoms with E-state index >= 15 is 0 Å². The summed E-state index contributed by atoms with van der Waals surface area (Å²) in [6, 6.07) is 0. The summed E-state index contributed by atoms with van der Waals surface area (Å²) in [6.07, 6.45) is 2.75. The van der Waals surface area contributed by atoms with E-state index in [4.69, 9.17) is 5.73 Å². The Morgan fingerprint density at radius 3 is 2.45 bits per heavy atom. The van der Waals surface area contributed by atoms with Crippen LogP contribution in [-0.2, 0) is 0 Å². The number of aromatic nitrogens is 2. The third-order valence-corrected chi connectivity index (χ3v) is 1.16. The Hall–Kier alpha value is -1.65. The van der Waals surface area contributed by atoms with Crippen LogP contribution in [0.5, 0.6) is 0 Å². The van der Waals surface area contributed by atoms with Gasteiger partial charge in [-0.15, -0.1) is 0 Å². The molecule has 0 bridgehead atoms. The van der Waals surface area contributed by atoms with Crippen LogP contribution in [0.25, 0.3) is 0 Å². The van der Waals surface area contributed by atoms with E-state index in [9.17, 15) is 4.79 Å². The van der Waals surface area contributed by atoms with Crippen molar-refractivity contribution in [3.63, 3.8) is 0 Å². The zero-order valence-electron chi connectivity index (χ0n) is 6.03. The molecule has 1 heterocycles. The van der Waals surface area contributed by atoms with Gasteiger partial charge in [0.05, 0.1) is 5.56 Å². The van der Waals surface area contributed by atoms with E-state index in [1.807, 2.05) is 0 Å². The first kappa shape index (κ1) is 7.46. The number of hydrogen-bond donors (Lipinski definition) is 2. The molecular weight excluding hydrogens is 144 g/mol. The molecule has 1 aromatic heterocycles. The molecule has 58 valence electrons. The number of nitrogens with one attached hydrogen (secondary N) is 1. The SMILES string of the molecule is CNc1ncc(C(N)=O)cn1. The van der Waals surface area contributed by atoms with Crippen molar-refractivity contribution in [3.05, 3.63) is 18.0 Å². The van der Waals surface area contributed by atoms with Crippen molar-refractivity contribution >= 4 is 11.9 Å². The van der Waals surface area contributed by atoms with E-state index in [0.717, 1.165) is 0 Å². The van der Waals surface area contributed by atoms with Gasteiger partial charge in [0.2, 0.25) is 5.95 Å². The van der Waals surface area contributed by atoms with Crippen LogP contribution < -0.4 is 11.1 Å². The lowest BCUT2D eigenvalue weighted by molar-refractivity contribution is 0.0999. The largest absolute Gasteiger partial charge is 0.366 e. The molecule has 0 aliphatic carbocycles. The quantitative estimate of drug-likeness (QED) is 0.605. The summed E-state index contributed by atoms with van der Waals surface area (Å²) in [5, 5.41) is 2.72. The number of hydrogen-bond acceptors (Lipinski definition) is 4. The van der Waals surface area contributed by atoms with Crippen LogP contribution in [0.15, 0.2) is 12.4 Å². The molecule has 0 unspecified atom stereocenters. The molecular formula is C6H8N4O. The highest BCUT2D eigenvalue weighted by molar-refractivity contribution is 5.92. The first-order valence-corrected chi connectivity index (χ1v) is 3.03. The Labute approximate surface area is 63.7 Å². The van der Waals surface area contributed by atoms with E-state index in [1.54, 1.807) is 7.05 Å². The minimum atomic E-state index is -0.521. The molecule has 1 aromatic rings. The lowest BCUT2D eigenvalue weighted by Gasteiger charge is -1.96. The van der Waals surface area contributed by atoms with Gasteiger partial charge in [0.1, 0.15) is 0 Å². The average molecular weight is 152 g/mol. The molecule has 3 N–H and O–H groups in total. The van der Waals surface area contributed by atoms with E-state index in [1.165, 1.54) is 12.4 Å². The standard InChI is InChI=1S/C6H8N4O/c1-8-6-9-2-4(3-10-6)5(7)11/h2-3H,1H3,(H2,7,11)(H,8,9,10). The summed E-state index contributed by atoms with van der Waals surface area (Å²) in [7, 11) is 1.69. The molecule has 0 aromatic carbocycles. The van der Waals surface area contributed by atoms with Gasteiger partial charge in [0.25, 0.3) is 5.91 Å². The van der Waals surface area contributed by atoms with Gasteiger partial charge in [-0.25, -0.2) is 9.97 Å². The summed E-state index contributed by atoms with van der Waals surface area (Å²) in [5.41, 5.74) is 5.28. The zero-order valence-corrected chi connectivity index (χ0v) is 6.03. The number of primary amides is 1. The van der Waals surface area contributed by atoms with Crippen molar-refractivity contribution in [2.24, 2.45) is 5.73 Å². The molecule has 0 fully saturated rings. The monoisotopic (exact) mass is 152 g/mol. The first-order chi connectivity index (χ1) is 5.24. The van der Waals surface area contributed by atoms with Crippen molar-refractivity contribution in [1.82, 2.24) is 9.97 Å². The number of carbonyl (C=O) groups excluding carboxylic acids is 1. The molecule has 1 amide bonds. The Kier molecular flexibility index (Phi) is 2.00. The minimum Gasteiger partial charge on any atom is -0.366 e. The summed E-state index contributed by atoms with van der Waals surface area (Å²) in [5.74, 6) is -0.0531. The Morgan fingerprint density at radius 2 is 2.09 bits per heavy atom. The maximum atomic E-state index is 10.5.